The number of nitrogens with one attached hydrogen (secondary N) is 1. The lowest BCUT2D eigenvalue weighted by atomic mass is 9.97. The first kappa shape index (κ1) is 17.0. The summed E-state index contributed by atoms with van der Waals surface area (Å²) in [5, 5.41) is 0.260. The summed E-state index contributed by atoms with van der Waals surface area (Å²) in [6, 6.07) is 7.74. The molecule has 0 radical (unpaired) electrons. The molecule has 0 atom stereocenters. The molecule has 4 rings (SSSR count). The van der Waals surface area contributed by atoms with Gasteiger partial charge in [-0.25, -0.2) is 22.5 Å². The number of carbonyl (C=O) groups is 1. The number of pyridine rings is 1. The van der Waals surface area contributed by atoms with Gasteiger partial charge in [0.25, 0.3) is 0 Å². The summed E-state index contributed by atoms with van der Waals surface area (Å²) in [4.78, 5) is 19.7. The topological polar surface area (TPSA) is 45.8 Å². The lowest BCUT2D eigenvalue weighted by Crippen LogP contribution is -2.05. The van der Waals surface area contributed by atoms with Crippen molar-refractivity contribution in [2.24, 2.45) is 0 Å². The second-order valence-electron chi connectivity index (χ2n) is 5.87. The van der Waals surface area contributed by atoms with Crippen molar-refractivity contribution in [1.82, 2.24) is 9.97 Å². The smallest absolute Gasteiger partial charge is 0.198 e. The van der Waals surface area contributed by atoms with Gasteiger partial charge in [-0.3, -0.25) is 4.79 Å². The van der Waals surface area contributed by atoms with E-state index >= 15 is 0 Å². The van der Waals surface area contributed by atoms with Crippen LogP contribution in [-0.2, 0) is 0 Å². The van der Waals surface area contributed by atoms with Crippen LogP contribution in [0.1, 0.15) is 15.9 Å². The molecule has 0 fully saturated rings. The van der Waals surface area contributed by atoms with E-state index in [2.05, 4.69) is 9.97 Å². The van der Waals surface area contributed by atoms with E-state index in [-0.39, 0.29) is 22.2 Å². The lowest BCUT2D eigenvalue weighted by molar-refractivity contribution is 0.103. The summed E-state index contributed by atoms with van der Waals surface area (Å²) in [6.45, 7) is 0. The molecular weight excluding hydrogens is 360 g/mol. The molecule has 27 heavy (non-hydrogen) atoms. The number of carbonyl (C=O) groups excluding carboxylic acids is 1. The molecule has 0 aliphatic carbocycles. The summed E-state index contributed by atoms with van der Waals surface area (Å²) < 4.78 is 54.8. The van der Waals surface area contributed by atoms with Gasteiger partial charge in [0.2, 0.25) is 0 Å². The number of fused-ring (bicyclic) bond motifs is 1. The van der Waals surface area contributed by atoms with Crippen LogP contribution in [-0.4, -0.2) is 15.8 Å². The number of H-pyrrole nitrogens is 1. The Hall–Kier alpha value is -3.48. The molecule has 0 bridgehead atoms. The Morgan fingerprint density at radius 1 is 0.926 bits per heavy atom. The van der Waals surface area contributed by atoms with Gasteiger partial charge in [-0.15, -0.1) is 0 Å². The Labute approximate surface area is 150 Å². The summed E-state index contributed by atoms with van der Waals surface area (Å²) in [6.07, 6.45) is 2.72. The highest BCUT2D eigenvalue weighted by Gasteiger charge is 2.22. The Bertz CT molecular complexity index is 1180. The standard InChI is InChI=1S/C20H10F4N2O/c21-11-6-10(7-12(22)8-11)13-4-5-25-20-17(13)15(9-26-20)19(27)14-2-1-3-16(23)18(14)24/h1-9H,(H,25,26). The fourth-order valence-corrected chi connectivity index (χ4v) is 3.01. The van der Waals surface area contributed by atoms with Gasteiger partial charge in [0.15, 0.2) is 17.4 Å². The molecule has 0 amide bonds. The number of nitrogens with zero attached hydrogens (tertiary/aromatic N) is 1. The molecular formula is C20H10F4N2O. The maximum absolute atomic E-state index is 14.1. The number of hydrogen-bond acceptors (Lipinski definition) is 2. The van der Waals surface area contributed by atoms with Crippen molar-refractivity contribution in [1.29, 1.82) is 0 Å². The number of ketones is 1. The van der Waals surface area contributed by atoms with Crippen molar-refractivity contribution in [3.8, 4) is 11.1 Å². The van der Waals surface area contributed by atoms with Crippen LogP contribution >= 0.6 is 0 Å². The zero-order valence-corrected chi connectivity index (χ0v) is 13.6. The molecule has 0 aliphatic rings. The van der Waals surface area contributed by atoms with Crippen molar-refractivity contribution in [2.75, 3.05) is 0 Å². The molecule has 0 aliphatic heterocycles. The quantitative estimate of drug-likeness (QED) is 0.407. The number of aromatic amines is 1. The van der Waals surface area contributed by atoms with Gasteiger partial charge in [-0.1, -0.05) is 6.07 Å². The van der Waals surface area contributed by atoms with Crippen LogP contribution in [0, 0.1) is 23.3 Å². The molecule has 134 valence electrons. The predicted octanol–water partition coefficient (Wildman–Crippen LogP) is 5.02. The van der Waals surface area contributed by atoms with Crippen molar-refractivity contribution < 1.29 is 22.4 Å². The maximum atomic E-state index is 14.1. The predicted molar refractivity (Wildman–Crippen MR) is 91.2 cm³/mol. The first-order chi connectivity index (χ1) is 13.0. The highest BCUT2D eigenvalue weighted by Crippen LogP contribution is 2.32. The first-order valence-electron chi connectivity index (χ1n) is 7.87. The summed E-state index contributed by atoms with van der Waals surface area (Å²) in [5.41, 5.74) is 0.365. The average Bonchev–Trinajstić information content (AvgIpc) is 3.07. The highest BCUT2D eigenvalue weighted by molar-refractivity contribution is 6.18. The van der Waals surface area contributed by atoms with E-state index in [4.69, 9.17) is 0 Å². The third-order valence-electron chi connectivity index (χ3n) is 4.19. The highest BCUT2D eigenvalue weighted by atomic mass is 19.2. The minimum atomic E-state index is -1.26. The van der Waals surface area contributed by atoms with Crippen LogP contribution in [0.5, 0.6) is 0 Å². The number of aromatic nitrogens is 2. The van der Waals surface area contributed by atoms with Crippen LogP contribution in [0.15, 0.2) is 54.9 Å². The minimum absolute atomic E-state index is 0.0160. The second kappa shape index (κ2) is 6.35. The molecule has 2 heterocycles. The van der Waals surface area contributed by atoms with Crippen LogP contribution in [0.25, 0.3) is 22.2 Å². The summed E-state index contributed by atoms with van der Waals surface area (Å²) in [7, 11) is 0. The van der Waals surface area contributed by atoms with E-state index in [0.29, 0.717) is 5.56 Å². The summed E-state index contributed by atoms with van der Waals surface area (Å²) >= 11 is 0. The van der Waals surface area contributed by atoms with E-state index in [9.17, 15) is 22.4 Å². The molecule has 7 heteroatoms. The Morgan fingerprint density at radius 2 is 1.67 bits per heavy atom. The number of halogens is 4. The van der Waals surface area contributed by atoms with Gasteiger partial charge in [0.05, 0.1) is 11.1 Å². The molecule has 0 unspecified atom stereocenters. The first-order valence-corrected chi connectivity index (χ1v) is 7.87. The minimum Gasteiger partial charge on any atom is -0.345 e. The van der Waals surface area contributed by atoms with Gasteiger partial charge in [-0.2, -0.15) is 0 Å². The Morgan fingerprint density at radius 3 is 2.41 bits per heavy atom. The van der Waals surface area contributed by atoms with Crippen LogP contribution in [0.4, 0.5) is 17.6 Å². The molecule has 0 spiro atoms. The fraction of sp³-hybridized carbons (Fsp3) is 0. The lowest BCUT2D eigenvalue weighted by Gasteiger charge is -2.07. The molecule has 2 aromatic carbocycles. The van der Waals surface area contributed by atoms with E-state index in [1.807, 2.05) is 0 Å². The molecule has 3 nitrogen and oxygen atoms in total. The van der Waals surface area contributed by atoms with Crippen molar-refractivity contribution in [2.45, 2.75) is 0 Å². The number of rotatable bonds is 3. The SMILES string of the molecule is O=C(c1cccc(F)c1F)c1c[nH]c2nccc(-c3cc(F)cc(F)c3)c12. The van der Waals surface area contributed by atoms with Gasteiger partial charge in [0.1, 0.15) is 17.3 Å². The monoisotopic (exact) mass is 370 g/mol. The van der Waals surface area contributed by atoms with E-state index < -0.39 is 34.6 Å². The zero-order valence-electron chi connectivity index (χ0n) is 13.6. The molecule has 0 saturated carbocycles. The van der Waals surface area contributed by atoms with E-state index in [0.717, 1.165) is 30.3 Å². The van der Waals surface area contributed by atoms with Crippen LogP contribution < -0.4 is 0 Å². The third kappa shape index (κ3) is 2.87. The summed E-state index contributed by atoms with van der Waals surface area (Å²) in [5.74, 6) is -4.75. The van der Waals surface area contributed by atoms with Crippen LogP contribution in [0.3, 0.4) is 0 Å². The van der Waals surface area contributed by atoms with Gasteiger partial charge in [0, 0.05) is 23.8 Å². The average molecular weight is 370 g/mol. The van der Waals surface area contributed by atoms with Gasteiger partial charge < -0.3 is 4.98 Å². The Balaban J connectivity index is 1.96. The van der Waals surface area contributed by atoms with Gasteiger partial charge in [-0.05, 0) is 41.5 Å². The van der Waals surface area contributed by atoms with Crippen molar-refractivity contribution in [3.05, 3.63) is 89.3 Å². The Kier molecular flexibility index (Phi) is 3.99. The van der Waals surface area contributed by atoms with E-state index in [1.54, 1.807) is 0 Å². The molecule has 1 N–H and O–H groups in total. The van der Waals surface area contributed by atoms with Gasteiger partial charge >= 0.3 is 0 Å². The molecule has 0 saturated heterocycles. The largest absolute Gasteiger partial charge is 0.345 e. The number of benzene rings is 2. The number of hydrogen-bond donors (Lipinski definition) is 1. The second-order valence-corrected chi connectivity index (χ2v) is 5.87. The van der Waals surface area contributed by atoms with Crippen LogP contribution in [0.2, 0.25) is 0 Å². The fourth-order valence-electron chi connectivity index (χ4n) is 3.01. The normalized spacial score (nSPS) is 11.1. The maximum Gasteiger partial charge on any atom is 0.198 e. The van der Waals surface area contributed by atoms with E-state index in [1.165, 1.54) is 24.5 Å². The third-order valence-corrected chi connectivity index (χ3v) is 4.19. The van der Waals surface area contributed by atoms with Crippen molar-refractivity contribution >= 4 is 16.8 Å². The van der Waals surface area contributed by atoms with Crippen molar-refractivity contribution in [3.63, 3.8) is 0 Å². The zero-order chi connectivity index (χ0) is 19.1. The molecule has 2 aromatic heterocycles. The molecule has 4 aromatic rings.